The molecule has 1 N–H and O–H groups in total. The first-order valence-electron chi connectivity index (χ1n) is 9.91. The Balaban J connectivity index is 1.60. The maximum atomic E-state index is 13.8. The van der Waals surface area contributed by atoms with Gasteiger partial charge in [0.2, 0.25) is 5.88 Å². The van der Waals surface area contributed by atoms with E-state index in [1.165, 1.54) is 30.5 Å². The van der Waals surface area contributed by atoms with E-state index in [1.54, 1.807) is 13.0 Å². The van der Waals surface area contributed by atoms with Crippen molar-refractivity contribution in [2.75, 3.05) is 5.32 Å². The number of hydrogen-bond donors (Lipinski definition) is 1. The Kier molecular flexibility index (Phi) is 6.16. The van der Waals surface area contributed by atoms with Gasteiger partial charge in [0, 0.05) is 11.9 Å². The number of nitriles is 1. The second-order valence-electron chi connectivity index (χ2n) is 7.17. The number of aromatic nitrogens is 4. The number of carbonyl (C=O) groups excluding carboxylic acids is 1. The van der Waals surface area contributed by atoms with Crippen LogP contribution in [0, 0.1) is 24.1 Å². The highest BCUT2D eigenvalue weighted by molar-refractivity contribution is 6.04. The Labute approximate surface area is 195 Å². The summed E-state index contributed by atoms with van der Waals surface area (Å²) in [5.74, 6) is -1.40. The van der Waals surface area contributed by atoms with Crippen molar-refractivity contribution in [3.63, 3.8) is 0 Å². The number of halogens is 4. The highest BCUT2D eigenvalue weighted by Crippen LogP contribution is 2.33. The molecule has 2 aromatic heterocycles. The number of rotatable bonds is 5. The third-order valence-corrected chi connectivity index (χ3v) is 4.78. The van der Waals surface area contributed by atoms with Gasteiger partial charge in [0.25, 0.3) is 5.91 Å². The van der Waals surface area contributed by atoms with Crippen molar-refractivity contribution in [1.29, 1.82) is 5.26 Å². The molecule has 35 heavy (non-hydrogen) atoms. The van der Waals surface area contributed by atoms with Crippen LogP contribution in [0.15, 0.2) is 60.8 Å². The topological polar surface area (TPSA) is 106 Å². The normalized spacial score (nSPS) is 11.1. The molecule has 176 valence electrons. The molecule has 0 aliphatic rings. The minimum absolute atomic E-state index is 0.0819. The largest absolute Gasteiger partial charge is 0.438 e. The first kappa shape index (κ1) is 23.4. The summed E-state index contributed by atoms with van der Waals surface area (Å²) >= 11 is 0. The van der Waals surface area contributed by atoms with E-state index in [0.29, 0.717) is 16.0 Å². The lowest BCUT2D eigenvalue weighted by atomic mass is 10.1. The average molecular weight is 482 g/mol. The average Bonchev–Trinajstić information content (AvgIpc) is 3.28. The number of carbonyl (C=O) groups is 1. The van der Waals surface area contributed by atoms with Gasteiger partial charge in [-0.2, -0.15) is 18.4 Å². The minimum atomic E-state index is -4.97. The van der Waals surface area contributed by atoms with E-state index in [4.69, 9.17) is 10.00 Å². The Morgan fingerprint density at radius 1 is 1.14 bits per heavy atom. The summed E-state index contributed by atoms with van der Waals surface area (Å²) in [7, 11) is 0. The summed E-state index contributed by atoms with van der Waals surface area (Å²) in [5.41, 5.74) is -1.59. The number of nitrogens with zero attached hydrogens (tertiary/aromatic N) is 5. The van der Waals surface area contributed by atoms with Gasteiger partial charge in [0.05, 0.1) is 5.69 Å². The van der Waals surface area contributed by atoms with Gasteiger partial charge in [0.15, 0.2) is 11.4 Å². The predicted octanol–water partition coefficient (Wildman–Crippen LogP) is 5.04. The molecule has 8 nitrogen and oxygen atoms in total. The molecule has 0 saturated heterocycles. The van der Waals surface area contributed by atoms with E-state index in [1.807, 2.05) is 6.07 Å². The molecule has 0 atom stereocenters. The number of aryl methyl sites for hydroxylation is 1. The zero-order chi connectivity index (χ0) is 25.2. The molecule has 0 bridgehead atoms. The molecular weight excluding hydrogens is 468 g/mol. The van der Waals surface area contributed by atoms with Gasteiger partial charge in [-0.3, -0.25) is 4.79 Å². The van der Waals surface area contributed by atoms with E-state index < -0.39 is 29.3 Å². The molecular formula is C23H14F4N6O2. The van der Waals surface area contributed by atoms with Gasteiger partial charge in [-0.1, -0.05) is 5.21 Å². The van der Waals surface area contributed by atoms with E-state index in [0.717, 1.165) is 24.3 Å². The van der Waals surface area contributed by atoms with Crippen LogP contribution >= 0.6 is 0 Å². The van der Waals surface area contributed by atoms with E-state index in [9.17, 15) is 22.4 Å². The second-order valence-corrected chi connectivity index (χ2v) is 7.17. The summed E-state index contributed by atoms with van der Waals surface area (Å²) in [6.07, 6.45) is -3.52. The van der Waals surface area contributed by atoms with Gasteiger partial charge >= 0.3 is 6.18 Å². The Morgan fingerprint density at radius 3 is 2.54 bits per heavy atom. The van der Waals surface area contributed by atoms with Crippen LogP contribution in [0.1, 0.15) is 27.3 Å². The summed E-state index contributed by atoms with van der Waals surface area (Å²) in [6, 6.07) is 13.6. The molecule has 4 aromatic rings. The zero-order valence-electron chi connectivity index (χ0n) is 17.8. The van der Waals surface area contributed by atoms with Crippen LogP contribution in [0.5, 0.6) is 11.6 Å². The van der Waals surface area contributed by atoms with Crippen molar-refractivity contribution >= 4 is 11.6 Å². The Hall–Kier alpha value is -4.79. The van der Waals surface area contributed by atoms with Gasteiger partial charge in [-0.25, -0.2) is 14.1 Å². The molecule has 1 amide bonds. The fourth-order valence-electron chi connectivity index (χ4n) is 3.14. The number of amides is 1. The summed E-state index contributed by atoms with van der Waals surface area (Å²) in [4.78, 5) is 16.7. The maximum Gasteiger partial charge on any atom is 0.435 e. The van der Waals surface area contributed by atoms with Crippen LogP contribution in [0.4, 0.5) is 23.2 Å². The van der Waals surface area contributed by atoms with Crippen molar-refractivity contribution in [2.45, 2.75) is 13.1 Å². The van der Waals surface area contributed by atoms with Crippen LogP contribution in [-0.4, -0.2) is 25.9 Å². The highest BCUT2D eigenvalue weighted by Gasteiger charge is 2.42. The lowest BCUT2D eigenvalue weighted by Gasteiger charge is -2.13. The number of benzene rings is 2. The van der Waals surface area contributed by atoms with Crippen molar-refractivity contribution in [3.05, 3.63) is 89.1 Å². The van der Waals surface area contributed by atoms with E-state index in [2.05, 4.69) is 20.6 Å². The second kappa shape index (κ2) is 9.22. The summed E-state index contributed by atoms with van der Waals surface area (Å²) in [6.45, 7) is 1.60. The van der Waals surface area contributed by atoms with Gasteiger partial charge in [-0.05, 0) is 67.1 Å². The number of pyridine rings is 1. The molecule has 0 spiro atoms. The molecule has 0 unspecified atom stereocenters. The molecule has 2 heterocycles. The van der Waals surface area contributed by atoms with Crippen molar-refractivity contribution in [3.8, 4) is 23.4 Å². The fraction of sp³-hybridized carbons (Fsp3) is 0.0870. The standard InChI is InChI=1S/C23H14F4N6O2/c1-13-11-17(35-22-14(12-28)3-2-10-29-22)8-9-18(13)30-21(34)19-20(23(25,26)27)33(32-31-19)16-6-4-15(24)5-7-16/h2-11H,1H3,(H,30,34). The monoisotopic (exact) mass is 482 g/mol. The SMILES string of the molecule is Cc1cc(Oc2ncccc2C#N)ccc1NC(=O)c1nnn(-c2ccc(F)cc2)c1C(F)(F)F. The third-order valence-electron chi connectivity index (χ3n) is 4.78. The van der Waals surface area contributed by atoms with Crippen LogP contribution in [0.2, 0.25) is 0 Å². The summed E-state index contributed by atoms with van der Waals surface area (Å²) in [5, 5.41) is 18.4. The molecule has 4 rings (SSSR count). The molecule has 0 fully saturated rings. The number of nitrogens with one attached hydrogen (secondary N) is 1. The first-order valence-corrected chi connectivity index (χ1v) is 9.91. The number of ether oxygens (including phenoxy) is 1. The Bertz CT molecular complexity index is 1440. The van der Waals surface area contributed by atoms with E-state index >= 15 is 0 Å². The molecule has 12 heteroatoms. The molecule has 0 saturated carbocycles. The van der Waals surface area contributed by atoms with Gasteiger partial charge in [0.1, 0.15) is 23.2 Å². The Morgan fingerprint density at radius 2 is 1.89 bits per heavy atom. The first-order chi connectivity index (χ1) is 16.7. The minimum Gasteiger partial charge on any atom is -0.438 e. The number of anilines is 1. The number of alkyl halides is 3. The van der Waals surface area contributed by atoms with Crippen molar-refractivity contribution in [1.82, 2.24) is 20.0 Å². The molecule has 0 aliphatic heterocycles. The maximum absolute atomic E-state index is 13.8. The zero-order valence-corrected chi connectivity index (χ0v) is 17.8. The van der Waals surface area contributed by atoms with Crippen LogP contribution in [-0.2, 0) is 6.18 Å². The van der Waals surface area contributed by atoms with E-state index in [-0.39, 0.29) is 22.8 Å². The van der Waals surface area contributed by atoms with Crippen LogP contribution in [0.25, 0.3) is 5.69 Å². The molecule has 0 aliphatic carbocycles. The fourth-order valence-corrected chi connectivity index (χ4v) is 3.14. The number of hydrogen-bond acceptors (Lipinski definition) is 6. The summed E-state index contributed by atoms with van der Waals surface area (Å²) < 4.78 is 60.6. The van der Waals surface area contributed by atoms with Crippen molar-refractivity contribution < 1.29 is 27.1 Å². The van der Waals surface area contributed by atoms with Crippen molar-refractivity contribution in [2.24, 2.45) is 0 Å². The molecule has 2 aromatic carbocycles. The quantitative estimate of drug-likeness (QED) is 0.400. The lowest BCUT2D eigenvalue weighted by Crippen LogP contribution is -2.21. The molecule has 0 radical (unpaired) electrons. The van der Waals surface area contributed by atoms with Gasteiger partial charge in [-0.15, -0.1) is 5.10 Å². The lowest BCUT2D eigenvalue weighted by molar-refractivity contribution is -0.143. The van der Waals surface area contributed by atoms with Crippen LogP contribution in [0.3, 0.4) is 0 Å². The third kappa shape index (κ3) is 4.93. The predicted molar refractivity (Wildman–Crippen MR) is 114 cm³/mol. The van der Waals surface area contributed by atoms with Gasteiger partial charge < -0.3 is 10.1 Å². The smallest absolute Gasteiger partial charge is 0.435 e. The highest BCUT2D eigenvalue weighted by atomic mass is 19.4. The van der Waals surface area contributed by atoms with Crippen LogP contribution < -0.4 is 10.1 Å².